The first-order valence-electron chi connectivity index (χ1n) is 7.60. The fourth-order valence-electron chi connectivity index (χ4n) is 1.93. The van der Waals surface area contributed by atoms with E-state index in [2.05, 4.69) is 12.0 Å². The quantitative estimate of drug-likeness (QED) is 0.600. The standard InChI is InChI=1S/C17H20N2O3S/c1-4-12(3)23-14-11-15(20)19(13-9-7-6-8-10-13)18-16(14)17(21)22-5-2/h6-12H,4-5H2,1-3H3/t12-/m0/s1. The van der Waals surface area contributed by atoms with E-state index >= 15 is 0 Å². The van der Waals surface area contributed by atoms with Gasteiger partial charge in [-0.25, -0.2) is 4.79 Å². The second-order valence-corrected chi connectivity index (χ2v) is 6.48. The minimum atomic E-state index is -0.511. The van der Waals surface area contributed by atoms with Crippen LogP contribution in [0.2, 0.25) is 0 Å². The van der Waals surface area contributed by atoms with Crippen LogP contribution in [0.4, 0.5) is 0 Å². The molecule has 2 rings (SSSR count). The Morgan fingerprint density at radius 2 is 2.00 bits per heavy atom. The summed E-state index contributed by atoms with van der Waals surface area (Å²) in [6.07, 6.45) is 0.925. The Hall–Kier alpha value is -2.08. The van der Waals surface area contributed by atoms with Gasteiger partial charge in [0.25, 0.3) is 5.56 Å². The highest BCUT2D eigenvalue weighted by Gasteiger charge is 2.20. The van der Waals surface area contributed by atoms with Crippen molar-refractivity contribution in [1.29, 1.82) is 0 Å². The zero-order valence-electron chi connectivity index (χ0n) is 13.5. The molecular weight excluding hydrogens is 312 g/mol. The van der Waals surface area contributed by atoms with Crippen LogP contribution < -0.4 is 5.56 Å². The first kappa shape index (κ1) is 17.3. The van der Waals surface area contributed by atoms with Gasteiger partial charge in [0.1, 0.15) is 0 Å². The van der Waals surface area contributed by atoms with Gasteiger partial charge in [-0.1, -0.05) is 32.0 Å². The van der Waals surface area contributed by atoms with Crippen LogP contribution in [0, 0.1) is 0 Å². The van der Waals surface area contributed by atoms with Crippen LogP contribution in [0.1, 0.15) is 37.7 Å². The smallest absolute Gasteiger partial charge is 0.359 e. The third-order valence-electron chi connectivity index (χ3n) is 3.27. The van der Waals surface area contributed by atoms with Crippen LogP contribution in [0.3, 0.4) is 0 Å². The van der Waals surface area contributed by atoms with E-state index in [9.17, 15) is 9.59 Å². The highest BCUT2D eigenvalue weighted by Crippen LogP contribution is 2.27. The van der Waals surface area contributed by atoms with Crippen molar-refractivity contribution in [2.24, 2.45) is 0 Å². The normalized spacial score (nSPS) is 12.0. The zero-order valence-corrected chi connectivity index (χ0v) is 14.3. The molecule has 0 amide bonds. The van der Waals surface area contributed by atoms with Gasteiger partial charge in [0.05, 0.1) is 12.3 Å². The van der Waals surface area contributed by atoms with E-state index in [1.807, 2.05) is 25.1 Å². The second kappa shape index (κ2) is 7.97. The van der Waals surface area contributed by atoms with E-state index in [4.69, 9.17) is 4.74 Å². The molecule has 1 heterocycles. The number of benzene rings is 1. The molecule has 0 fully saturated rings. The number of carbonyl (C=O) groups is 1. The minimum absolute atomic E-state index is 0.181. The Bertz CT molecular complexity index is 728. The summed E-state index contributed by atoms with van der Waals surface area (Å²) in [5.41, 5.74) is 0.527. The first-order chi connectivity index (χ1) is 11.1. The van der Waals surface area contributed by atoms with Crippen molar-refractivity contribution in [1.82, 2.24) is 9.78 Å². The van der Waals surface area contributed by atoms with Gasteiger partial charge in [-0.15, -0.1) is 11.8 Å². The summed E-state index contributed by atoms with van der Waals surface area (Å²) in [5.74, 6) is -0.511. The molecule has 122 valence electrons. The molecule has 0 N–H and O–H groups in total. The molecule has 0 spiro atoms. The fraction of sp³-hybridized carbons (Fsp3) is 0.353. The molecule has 0 radical (unpaired) electrons. The van der Waals surface area contributed by atoms with Crippen molar-refractivity contribution >= 4 is 17.7 Å². The molecule has 1 atom stereocenters. The average Bonchev–Trinajstić information content (AvgIpc) is 2.55. The van der Waals surface area contributed by atoms with Crippen molar-refractivity contribution in [2.75, 3.05) is 6.61 Å². The summed E-state index contributed by atoms with van der Waals surface area (Å²) in [6.45, 7) is 6.10. The SMILES string of the molecule is CCOC(=O)c1nn(-c2ccccc2)c(=O)cc1S[C@@H](C)CC. The van der Waals surface area contributed by atoms with Crippen LogP contribution in [-0.2, 0) is 4.74 Å². The molecule has 6 heteroatoms. The minimum Gasteiger partial charge on any atom is -0.461 e. The van der Waals surface area contributed by atoms with Gasteiger partial charge in [0.15, 0.2) is 5.69 Å². The Morgan fingerprint density at radius 1 is 1.30 bits per heavy atom. The fourth-order valence-corrected chi connectivity index (χ4v) is 2.93. The van der Waals surface area contributed by atoms with E-state index < -0.39 is 5.97 Å². The highest BCUT2D eigenvalue weighted by molar-refractivity contribution is 8.00. The summed E-state index contributed by atoms with van der Waals surface area (Å²) in [6, 6.07) is 10.5. The number of aromatic nitrogens is 2. The largest absolute Gasteiger partial charge is 0.461 e. The van der Waals surface area contributed by atoms with Crippen molar-refractivity contribution in [3.05, 3.63) is 52.4 Å². The van der Waals surface area contributed by atoms with Crippen LogP contribution in [-0.4, -0.2) is 27.6 Å². The van der Waals surface area contributed by atoms with Crippen molar-refractivity contribution < 1.29 is 9.53 Å². The molecule has 0 saturated heterocycles. The van der Waals surface area contributed by atoms with Crippen molar-refractivity contribution in [3.8, 4) is 5.69 Å². The monoisotopic (exact) mass is 332 g/mol. The number of nitrogens with zero attached hydrogens (tertiary/aromatic N) is 2. The van der Waals surface area contributed by atoms with Crippen LogP contribution >= 0.6 is 11.8 Å². The summed E-state index contributed by atoms with van der Waals surface area (Å²) >= 11 is 1.47. The van der Waals surface area contributed by atoms with Crippen molar-refractivity contribution in [2.45, 2.75) is 37.3 Å². The lowest BCUT2D eigenvalue weighted by molar-refractivity contribution is 0.0512. The maximum absolute atomic E-state index is 12.4. The van der Waals surface area contributed by atoms with Gasteiger partial charge in [0, 0.05) is 16.2 Å². The van der Waals surface area contributed by atoms with Gasteiger partial charge in [-0.3, -0.25) is 4.79 Å². The van der Waals surface area contributed by atoms with E-state index in [0.29, 0.717) is 10.6 Å². The number of hydrogen-bond donors (Lipinski definition) is 0. The summed E-state index contributed by atoms with van der Waals surface area (Å²) < 4.78 is 6.31. The van der Waals surface area contributed by atoms with E-state index in [0.717, 1.165) is 6.42 Å². The predicted molar refractivity (Wildman–Crippen MR) is 91.4 cm³/mol. The topological polar surface area (TPSA) is 61.2 Å². The maximum Gasteiger partial charge on any atom is 0.359 e. The number of thioether (sulfide) groups is 1. The van der Waals surface area contributed by atoms with Gasteiger partial charge in [-0.05, 0) is 25.5 Å². The second-order valence-electron chi connectivity index (χ2n) is 5.00. The number of carbonyl (C=O) groups excluding carboxylic acids is 1. The number of rotatable bonds is 6. The molecule has 2 aromatic rings. The van der Waals surface area contributed by atoms with E-state index in [1.54, 1.807) is 19.1 Å². The summed E-state index contributed by atoms with van der Waals surface area (Å²) in [7, 11) is 0. The van der Waals surface area contributed by atoms with Gasteiger partial charge >= 0.3 is 5.97 Å². The summed E-state index contributed by atoms with van der Waals surface area (Å²) in [4.78, 5) is 25.2. The third-order valence-corrected chi connectivity index (χ3v) is 4.57. The number of esters is 1. The van der Waals surface area contributed by atoms with Gasteiger partial charge in [0.2, 0.25) is 0 Å². The molecule has 0 aliphatic rings. The lowest BCUT2D eigenvalue weighted by Gasteiger charge is -2.13. The molecule has 0 unspecified atom stereocenters. The Kier molecular flexibility index (Phi) is 5.98. The predicted octanol–water partition coefficient (Wildman–Crippen LogP) is 3.30. The zero-order chi connectivity index (χ0) is 16.8. The molecule has 23 heavy (non-hydrogen) atoms. The Balaban J connectivity index is 2.54. The summed E-state index contributed by atoms with van der Waals surface area (Å²) in [5, 5.41) is 4.53. The van der Waals surface area contributed by atoms with Gasteiger partial charge in [-0.2, -0.15) is 9.78 Å². The Labute approximate surface area is 139 Å². The third kappa shape index (κ3) is 4.22. The number of para-hydroxylation sites is 1. The molecule has 0 bridgehead atoms. The first-order valence-corrected chi connectivity index (χ1v) is 8.48. The lowest BCUT2D eigenvalue weighted by Crippen LogP contribution is -2.25. The van der Waals surface area contributed by atoms with E-state index in [-0.39, 0.29) is 23.1 Å². The number of hydrogen-bond acceptors (Lipinski definition) is 5. The van der Waals surface area contributed by atoms with Crippen LogP contribution in [0.15, 0.2) is 46.1 Å². The lowest BCUT2D eigenvalue weighted by atomic mass is 10.3. The molecule has 5 nitrogen and oxygen atoms in total. The van der Waals surface area contributed by atoms with Crippen LogP contribution in [0.5, 0.6) is 0 Å². The van der Waals surface area contributed by atoms with Gasteiger partial charge < -0.3 is 4.74 Å². The average molecular weight is 332 g/mol. The van der Waals surface area contributed by atoms with E-state index in [1.165, 1.54) is 22.5 Å². The molecule has 0 aliphatic carbocycles. The molecule has 0 aliphatic heterocycles. The van der Waals surface area contributed by atoms with Crippen LogP contribution in [0.25, 0.3) is 5.69 Å². The molecule has 1 aromatic heterocycles. The maximum atomic E-state index is 12.4. The highest BCUT2D eigenvalue weighted by atomic mass is 32.2. The molecular formula is C17H20N2O3S. The molecule has 0 saturated carbocycles. The Morgan fingerprint density at radius 3 is 2.61 bits per heavy atom. The van der Waals surface area contributed by atoms with Crippen molar-refractivity contribution in [3.63, 3.8) is 0 Å². The number of ether oxygens (including phenoxy) is 1. The molecule has 1 aromatic carbocycles.